The summed E-state index contributed by atoms with van der Waals surface area (Å²) in [4.78, 5) is 7.23. The predicted octanol–water partition coefficient (Wildman–Crippen LogP) is 2.87. The number of anilines is 1. The van der Waals surface area contributed by atoms with Gasteiger partial charge in [0.15, 0.2) is 5.13 Å². The van der Waals surface area contributed by atoms with Gasteiger partial charge in [0.2, 0.25) is 0 Å². The lowest BCUT2D eigenvalue weighted by atomic mass is 10.4. The van der Waals surface area contributed by atoms with Gasteiger partial charge < -0.3 is 10.2 Å². The predicted molar refractivity (Wildman–Crippen MR) is 73.6 cm³/mol. The van der Waals surface area contributed by atoms with Gasteiger partial charge in [-0.15, -0.1) is 0 Å². The largest absolute Gasteiger partial charge is 0.354 e. The second kappa shape index (κ2) is 6.23. The third-order valence-corrected chi connectivity index (χ3v) is 3.48. The Kier molecular flexibility index (Phi) is 5.25. The van der Waals surface area contributed by atoms with Crippen LogP contribution in [0.2, 0.25) is 5.15 Å². The van der Waals surface area contributed by atoms with E-state index in [2.05, 4.69) is 30.2 Å². The molecule has 0 radical (unpaired) electrons. The van der Waals surface area contributed by atoms with E-state index in [0.29, 0.717) is 11.2 Å². The van der Waals surface area contributed by atoms with Gasteiger partial charge in [-0.05, 0) is 6.08 Å². The first kappa shape index (κ1) is 13.5. The average Bonchev–Trinajstić information content (AvgIpc) is 2.55. The Bertz CT molecular complexity index is 358. The van der Waals surface area contributed by atoms with E-state index < -0.39 is 0 Å². The molecule has 0 aliphatic rings. The summed E-state index contributed by atoms with van der Waals surface area (Å²) >= 11 is 7.63. The van der Waals surface area contributed by atoms with Crippen molar-refractivity contribution < 1.29 is 0 Å². The lowest BCUT2D eigenvalue weighted by molar-refractivity contribution is 0.633. The molecule has 3 nitrogen and oxygen atoms in total. The molecule has 1 aromatic rings. The van der Waals surface area contributed by atoms with Gasteiger partial charge in [0, 0.05) is 26.7 Å². The second-order valence-corrected chi connectivity index (χ2v) is 5.38. The van der Waals surface area contributed by atoms with E-state index >= 15 is 0 Å². The third kappa shape index (κ3) is 4.12. The summed E-state index contributed by atoms with van der Waals surface area (Å²) in [6.07, 6.45) is 4.08. The molecular weight excluding hydrogens is 242 g/mol. The fraction of sp³-hybridized carbons (Fsp3) is 0.545. The van der Waals surface area contributed by atoms with Gasteiger partial charge in [0.25, 0.3) is 0 Å². The molecule has 0 atom stereocenters. The van der Waals surface area contributed by atoms with Gasteiger partial charge >= 0.3 is 0 Å². The number of nitrogens with one attached hydrogen (secondary N) is 1. The van der Waals surface area contributed by atoms with Crippen LogP contribution >= 0.6 is 22.9 Å². The van der Waals surface area contributed by atoms with E-state index in [0.717, 1.165) is 16.6 Å². The summed E-state index contributed by atoms with van der Waals surface area (Å²) in [6.45, 7) is 5.10. The third-order valence-electron chi connectivity index (χ3n) is 1.89. The topological polar surface area (TPSA) is 28.2 Å². The van der Waals surface area contributed by atoms with E-state index in [1.54, 1.807) is 11.3 Å². The maximum atomic E-state index is 6.03. The smallest absolute Gasteiger partial charge is 0.186 e. The standard InChI is InChI=1S/C11H18ClN3S/c1-8(2)13-7-5-6-9-10(12)14-11(16-9)15(3)4/h5-6,8,13H,7H2,1-4H3. The quantitative estimate of drug-likeness (QED) is 0.881. The van der Waals surface area contributed by atoms with Gasteiger partial charge in [-0.3, -0.25) is 0 Å². The summed E-state index contributed by atoms with van der Waals surface area (Å²) in [5.41, 5.74) is 0. The Morgan fingerprint density at radius 1 is 1.50 bits per heavy atom. The van der Waals surface area contributed by atoms with Gasteiger partial charge in [0.1, 0.15) is 5.15 Å². The molecule has 1 heterocycles. The maximum Gasteiger partial charge on any atom is 0.186 e. The first-order valence-corrected chi connectivity index (χ1v) is 6.43. The molecule has 1 rings (SSSR count). The Morgan fingerprint density at radius 3 is 2.69 bits per heavy atom. The van der Waals surface area contributed by atoms with Crippen LogP contribution in [0, 0.1) is 0 Å². The number of hydrogen-bond acceptors (Lipinski definition) is 4. The van der Waals surface area contributed by atoms with Gasteiger partial charge in [-0.2, -0.15) is 0 Å². The van der Waals surface area contributed by atoms with Crippen molar-refractivity contribution in [1.29, 1.82) is 0 Å². The van der Waals surface area contributed by atoms with Crippen molar-refractivity contribution in [1.82, 2.24) is 10.3 Å². The van der Waals surface area contributed by atoms with Crippen molar-refractivity contribution in [2.75, 3.05) is 25.5 Å². The van der Waals surface area contributed by atoms with Crippen LogP contribution in [0.1, 0.15) is 18.7 Å². The van der Waals surface area contributed by atoms with E-state index in [1.165, 1.54) is 0 Å². The Hall–Kier alpha value is -0.580. The van der Waals surface area contributed by atoms with Crippen molar-refractivity contribution in [2.24, 2.45) is 0 Å². The van der Waals surface area contributed by atoms with Crippen molar-refractivity contribution in [3.8, 4) is 0 Å². The molecule has 1 aromatic heterocycles. The molecule has 0 unspecified atom stereocenters. The van der Waals surface area contributed by atoms with E-state index in [1.807, 2.05) is 25.1 Å². The minimum atomic E-state index is 0.499. The molecule has 0 aliphatic heterocycles. The molecule has 0 bridgehead atoms. The SMILES string of the molecule is CC(C)NCC=Cc1sc(N(C)C)nc1Cl. The van der Waals surface area contributed by atoms with Crippen LogP contribution in [-0.2, 0) is 0 Å². The van der Waals surface area contributed by atoms with Crippen molar-refractivity contribution in [3.63, 3.8) is 0 Å². The van der Waals surface area contributed by atoms with Gasteiger partial charge in [-0.25, -0.2) is 4.98 Å². The number of rotatable bonds is 5. The van der Waals surface area contributed by atoms with Crippen LogP contribution in [0.4, 0.5) is 5.13 Å². The average molecular weight is 260 g/mol. The molecule has 0 fully saturated rings. The summed E-state index contributed by atoms with van der Waals surface area (Å²) < 4.78 is 0. The summed E-state index contributed by atoms with van der Waals surface area (Å²) in [5.74, 6) is 0. The van der Waals surface area contributed by atoms with E-state index in [9.17, 15) is 0 Å². The fourth-order valence-corrected chi connectivity index (χ4v) is 2.19. The Balaban J connectivity index is 2.59. The number of aromatic nitrogens is 1. The molecule has 0 saturated heterocycles. The first-order valence-electron chi connectivity index (χ1n) is 5.24. The summed E-state index contributed by atoms with van der Waals surface area (Å²) in [7, 11) is 3.92. The van der Waals surface area contributed by atoms with Crippen LogP contribution in [0.15, 0.2) is 6.08 Å². The normalized spacial score (nSPS) is 11.6. The molecule has 0 amide bonds. The summed E-state index contributed by atoms with van der Waals surface area (Å²) in [5, 5.41) is 4.82. The van der Waals surface area contributed by atoms with Crippen LogP contribution in [-0.4, -0.2) is 31.7 Å². The van der Waals surface area contributed by atoms with E-state index in [4.69, 9.17) is 11.6 Å². The van der Waals surface area contributed by atoms with Crippen LogP contribution in [0.3, 0.4) is 0 Å². The van der Waals surface area contributed by atoms with Crippen molar-refractivity contribution in [3.05, 3.63) is 16.1 Å². The second-order valence-electron chi connectivity index (χ2n) is 4.01. The van der Waals surface area contributed by atoms with Crippen LogP contribution in [0.5, 0.6) is 0 Å². The molecule has 0 saturated carbocycles. The number of nitrogens with zero attached hydrogens (tertiary/aromatic N) is 2. The van der Waals surface area contributed by atoms with Crippen molar-refractivity contribution >= 4 is 34.1 Å². The van der Waals surface area contributed by atoms with Crippen molar-refractivity contribution in [2.45, 2.75) is 19.9 Å². The molecule has 0 spiro atoms. The minimum Gasteiger partial charge on any atom is -0.354 e. The maximum absolute atomic E-state index is 6.03. The molecule has 16 heavy (non-hydrogen) atoms. The zero-order chi connectivity index (χ0) is 12.1. The molecule has 1 N–H and O–H groups in total. The number of hydrogen-bond donors (Lipinski definition) is 1. The molecule has 0 aromatic carbocycles. The highest BCUT2D eigenvalue weighted by Crippen LogP contribution is 2.29. The highest BCUT2D eigenvalue weighted by Gasteiger charge is 2.07. The van der Waals surface area contributed by atoms with E-state index in [-0.39, 0.29) is 0 Å². The number of halogens is 1. The zero-order valence-corrected chi connectivity index (χ0v) is 11.7. The summed E-state index contributed by atoms with van der Waals surface area (Å²) in [6, 6.07) is 0.499. The Labute approximate surface area is 106 Å². The highest BCUT2D eigenvalue weighted by atomic mass is 35.5. The van der Waals surface area contributed by atoms with Crippen LogP contribution in [0.25, 0.3) is 6.08 Å². The zero-order valence-electron chi connectivity index (χ0n) is 10.1. The lowest BCUT2D eigenvalue weighted by Crippen LogP contribution is -2.22. The lowest BCUT2D eigenvalue weighted by Gasteiger charge is -2.04. The van der Waals surface area contributed by atoms with Gasteiger partial charge in [-0.1, -0.05) is 42.9 Å². The molecular formula is C11H18ClN3S. The molecule has 5 heteroatoms. The molecule has 0 aliphatic carbocycles. The Morgan fingerprint density at radius 2 is 2.19 bits per heavy atom. The molecule has 90 valence electrons. The highest BCUT2D eigenvalue weighted by molar-refractivity contribution is 7.17. The monoisotopic (exact) mass is 259 g/mol. The first-order chi connectivity index (χ1) is 7.50. The van der Waals surface area contributed by atoms with Gasteiger partial charge in [0.05, 0.1) is 4.88 Å². The fourth-order valence-electron chi connectivity index (χ4n) is 1.07. The minimum absolute atomic E-state index is 0.499. The number of thiazole rings is 1. The van der Waals surface area contributed by atoms with Crippen LogP contribution < -0.4 is 10.2 Å².